The van der Waals surface area contributed by atoms with Crippen molar-refractivity contribution in [2.75, 3.05) is 25.2 Å². The number of hydrogen-bond acceptors (Lipinski definition) is 5. The molecule has 270 valence electrons. The molecule has 0 aliphatic carbocycles. The van der Waals surface area contributed by atoms with Gasteiger partial charge in [0.1, 0.15) is 17.2 Å². The summed E-state index contributed by atoms with van der Waals surface area (Å²) in [6, 6.07) is 11.1. The lowest BCUT2D eigenvalue weighted by molar-refractivity contribution is 0.0698. The molecule has 0 bridgehead atoms. The van der Waals surface area contributed by atoms with Gasteiger partial charge in [-0.15, -0.1) is 0 Å². The van der Waals surface area contributed by atoms with Crippen LogP contribution < -0.4 is 14.4 Å². The Morgan fingerprint density at radius 3 is 2.33 bits per heavy atom. The number of halogens is 2. The van der Waals surface area contributed by atoms with E-state index in [1.807, 2.05) is 69.8 Å². The molecule has 12 heteroatoms. The molecular formula is C40H41Cl2N5O5. The second-order valence-corrected chi connectivity index (χ2v) is 14.6. The minimum absolute atomic E-state index is 0.137. The number of aryl methyl sites for hydroxylation is 6. The monoisotopic (exact) mass is 741 g/mol. The summed E-state index contributed by atoms with van der Waals surface area (Å²) in [5.41, 5.74) is 9.24. The second-order valence-electron chi connectivity index (χ2n) is 13.8. The third-order valence-corrected chi connectivity index (χ3v) is 11.3. The highest BCUT2D eigenvalue weighted by Gasteiger charge is 2.38. The normalized spacial score (nSPS) is 14.5. The first-order valence-electron chi connectivity index (χ1n) is 17.2. The standard InChI is InChI=1S/C40H41Cl2N5O5/c1-20-14-26(15-21(2)35(20)42)52-13-9-10-27-28-11-12-31(41)34(33-23(4)43-45(7)24(33)5)37(28)47-22(3)18-46(39(48)38(27)47)32-17-25(51-8)16-29-30(40(49)50)19-44(6)36(29)32/h11-12,14-17,19,22H,9-10,13,18H2,1-8H3,(H,49,50). The van der Waals surface area contributed by atoms with Crippen molar-refractivity contribution in [1.82, 2.24) is 18.9 Å². The van der Waals surface area contributed by atoms with E-state index in [0.29, 0.717) is 59.0 Å². The number of hydrogen-bond donors (Lipinski definition) is 1. The number of amides is 1. The van der Waals surface area contributed by atoms with Crippen LogP contribution in [0.15, 0.2) is 42.6 Å². The number of aromatic carboxylic acids is 1. The fourth-order valence-electron chi connectivity index (χ4n) is 7.93. The van der Waals surface area contributed by atoms with Crippen LogP contribution in [0.25, 0.3) is 32.9 Å². The van der Waals surface area contributed by atoms with Crippen molar-refractivity contribution in [1.29, 1.82) is 0 Å². The zero-order valence-electron chi connectivity index (χ0n) is 30.5. The van der Waals surface area contributed by atoms with Crippen molar-refractivity contribution < 1.29 is 24.2 Å². The van der Waals surface area contributed by atoms with Gasteiger partial charge < -0.3 is 28.6 Å². The first-order valence-corrected chi connectivity index (χ1v) is 18.0. The summed E-state index contributed by atoms with van der Waals surface area (Å²) in [6.45, 7) is 10.8. The van der Waals surface area contributed by atoms with Gasteiger partial charge in [-0.2, -0.15) is 5.10 Å². The molecule has 3 aromatic heterocycles. The number of carboxylic acids is 1. The predicted molar refractivity (Wildman–Crippen MR) is 206 cm³/mol. The number of benzene rings is 3. The molecule has 0 spiro atoms. The van der Waals surface area contributed by atoms with Gasteiger partial charge in [0, 0.05) is 71.6 Å². The summed E-state index contributed by atoms with van der Waals surface area (Å²) >= 11 is 13.5. The van der Waals surface area contributed by atoms with Gasteiger partial charge in [0.2, 0.25) is 0 Å². The van der Waals surface area contributed by atoms with E-state index < -0.39 is 5.97 Å². The molecule has 6 aromatic rings. The molecule has 0 radical (unpaired) electrons. The average Bonchev–Trinajstić information content (AvgIpc) is 3.71. The first kappa shape index (κ1) is 35.5. The molecule has 1 aliphatic heterocycles. The van der Waals surface area contributed by atoms with Crippen LogP contribution in [0.4, 0.5) is 5.69 Å². The van der Waals surface area contributed by atoms with Crippen LogP contribution in [0, 0.1) is 27.7 Å². The largest absolute Gasteiger partial charge is 0.497 e. The maximum Gasteiger partial charge on any atom is 0.337 e. The van der Waals surface area contributed by atoms with Crippen molar-refractivity contribution >= 4 is 62.6 Å². The van der Waals surface area contributed by atoms with Crippen molar-refractivity contribution in [3.05, 3.63) is 92.0 Å². The number of rotatable bonds is 9. The van der Waals surface area contributed by atoms with Crippen molar-refractivity contribution in [2.24, 2.45) is 14.1 Å². The minimum atomic E-state index is -1.05. The van der Waals surface area contributed by atoms with Crippen LogP contribution in [-0.2, 0) is 20.5 Å². The number of nitrogens with zero attached hydrogens (tertiary/aromatic N) is 5. The quantitative estimate of drug-likeness (QED) is 0.148. The molecule has 0 saturated heterocycles. The van der Waals surface area contributed by atoms with Crippen molar-refractivity contribution in [2.45, 2.75) is 53.5 Å². The molecule has 1 unspecified atom stereocenters. The topological polar surface area (TPSA) is 104 Å². The Morgan fingerprint density at radius 2 is 1.69 bits per heavy atom. The number of fused-ring (bicyclic) bond motifs is 4. The van der Waals surface area contributed by atoms with Crippen molar-refractivity contribution in [3.8, 4) is 22.6 Å². The molecule has 0 fully saturated rings. The third-order valence-electron chi connectivity index (χ3n) is 10.3. The van der Waals surface area contributed by atoms with E-state index in [4.69, 9.17) is 37.8 Å². The van der Waals surface area contributed by atoms with E-state index >= 15 is 4.79 Å². The summed E-state index contributed by atoms with van der Waals surface area (Å²) in [5, 5.41) is 17.5. The molecule has 1 aliphatic rings. The van der Waals surface area contributed by atoms with Gasteiger partial charge >= 0.3 is 5.97 Å². The summed E-state index contributed by atoms with van der Waals surface area (Å²) < 4.78 is 17.6. The van der Waals surface area contributed by atoms with Gasteiger partial charge in [0.25, 0.3) is 5.91 Å². The van der Waals surface area contributed by atoms with Crippen LogP contribution in [0.3, 0.4) is 0 Å². The summed E-state index contributed by atoms with van der Waals surface area (Å²) in [5.74, 6) is -0.0315. The predicted octanol–water partition coefficient (Wildman–Crippen LogP) is 9.01. The van der Waals surface area contributed by atoms with Gasteiger partial charge in [-0.05, 0) is 88.4 Å². The Kier molecular flexibility index (Phi) is 9.03. The maximum absolute atomic E-state index is 15.1. The molecule has 7 rings (SSSR count). The Hall–Kier alpha value is -4.93. The van der Waals surface area contributed by atoms with Crippen LogP contribution in [-0.4, -0.2) is 56.2 Å². The lowest BCUT2D eigenvalue weighted by atomic mass is 9.98. The van der Waals surface area contributed by atoms with Gasteiger partial charge in [0.15, 0.2) is 0 Å². The molecular weight excluding hydrogens is 701 g/mol. The Morgan fingerprint density at radius 1 is 0.981 bits per heavy atom. The molecule has 4 heterocycles. The third kappa shape index (κ3) is 5.60. The molecule has 1 amide bonds. The van der Waals surface area contributed by atoms with E-state index in [1.165, 1.54) is 7.11 Å². The van der Waals surface area contributed by atoms with Gasteiger partial charge in [-0.25, -0.2) is 4.79 Å². The Bertz CT molecular complexity index is 2430. The number of ether oxygens (including phenoxy) is 2. The number of carbonyl (C=O) groups excluding carboxylic acids is 1. The highest BCUT2D eigenvalue weighted by atomic mass is 35.5. The minimum Gasteiger partial charge on any atom is -0.497 e. The number of carboxylic acid groups (broad SMARTS) is 1. The molecule has 52 heavy (non-hydrogen) atoms. The zero-order chi connectivity index (χ0) is 37.3. The lowest BCUT2D eigenvalue weighted by Crippen LogP contribution is -2.43. The van der Waals surface area contributed by atoms with Crippen LogP contribution >= 0.6 is 23.2 Å². The summed E-state index contributed by atoms with van der Waals surface area (Å²) in [6.07, 6.45) is 2.77. The first-order chi connectivity index (χ1) is 24.7. The van der Waals surface area contributed by atoms with E-state index in [-0.39, 0.29) is 17.5 Å². The number of anilines is 1. The fourth-order valence-corrected chi connectivity index (χ4v) is 8.28. The molecule has 0 saturated carbocycles. The maximum atomic E-state index is 15.1. The van der Waals surface area contributed by atoms with Crippen molar-refractivity contribution in [3.63, 3.8) is 0 Å². The van der Waals surface area contributed by atoms with E-state index in [1.54, 1.807) is 28.8 Å². The Labute approximate surface area is 312 Å². The smallest absolute Gasteiger partial charge is 0.337 e. The second kappa shape index (κ2) is 13.2. The lowest BCUT2D eigenvalue weighted by Gasteiger charge is -2.35. The number of methoxy groups -OCH3 is 1. The van der Waals surface area contributed by atoms with Gasteiger partial charge in [-0.3, -0.25) is 9.48 Å². The molecule has 1 atom stereocenters. The highest BCUT2D eigenvalue weighted by molar-refractivity contribution is 6.35. The van der Waals surface area contributed by atoms with E-state index in [9.17, 15) is 9.90 Å². The van der Waals surface area contributed by atoms with Gasteiger partial charge in [0.05, 0.1) is 46.7 Å². The average molecular weight is 743 g/mol. The molecule has 10 nitrogen and oxygen atoms in total. The number of aromatic nitrogens is 4. The van der Waals surface area contributed by atoms with Crippen LogP contribution in [0.1, 0.15) is 68.3 Å². The summed E-state index contributed by atoms with van der Waals surface area (Å²) in [4.78, 5) is 29.1. The number of carbonyl (C=O) groups is 2. The highest BCUT2D eigenvalue weighted by Crippen LogP contribution is 2.46. The van der Waals surface area contributed by atoms with E-state index in [2.05, 4.69) is 11.5 Å². The van der Waals surface area contributed by atoms with Crippen LogP contribution in [0.2, 0.25) is 10.0 Å². The zero-order valence-corrected chi connectivity index (χ0v) is 32.0. The van der Waals surface area contributed by atoms with Crippen LogP contribution in [0.5, 0.6) is 11.5 Å². The summed E-state index contributed by atoms with van der Waals surface area (Å²) in [7, 11) is 5.25. The fraction of sp³-hybridized carbons (Fsp3) is 0.325. The Balaban J connectivity index is 1.40. The molecule has 1 N–H and O–H groups in total. The molecule has 3 aromatic carbocycles. The van der Waals surface area contributed by atoms with E-state index in [0.717, 1.165) is 60.9 Å². The SMILES string of the molecule is COc1cc(N2CC(C)n3c(c(CCCOc4cc(C)c(Cl)c(C)c4)c4ccc(Cl)c(-c5c(C)nn(C)c5C)c43)C2=O)c2c(c1)c(C(=O)O)cn2C. The van der Waals surface area contributed by atoms with Gasteiger partial charge in [-0.1, -0.05) is 29.3 Å².